The van der Waals surface area contributed by atoms with Gasteiger partial charge in [-0.05, 0) is 12.1 Å². The maximum Gasteiger partial charge on any atom is 0.232 e. The first-order chi connectivity index (χ1) is 7.27. The highest BCUT2D eigenvalue weighted by Gasteiger charge is 2.08. The van der Waals surface area contributed by atoms with Gasteiger partial charge in [-0.15, -0.1) is 0 Å². The Kier molecular flexibility index (Phi) is 2.49. The van der Waals surface area contributed by atoms with Crippen LogP contribution in [0.25, 0.3) is 0 Å². The van der Waals surface area contributed by atoms with Gasteiger partial charge in [-0.25, -0.2) is 4.98 Å². The van der Waals surface area contributed by atoms with E-state index in [9.17, 15) is 5.21 Å². The first-order valence-electron chi connectivity index (χ1n) is 4.46. The molecule has 0 unspecified atom stereocenters. The lowest BCUT2D eigenvalue weighted by Crippen LogP contribution is -2.29. The third-order valence-electron chi connectivity index (χ3n) is 1.96. The molecule has 2 aromatic heterocycles. The third kappa shape index (κ3) is 2.04. The topological polar surface area (TPSA) is 49.1 Å². The van der Waals surface area contributed by atoms with Gasteiger partial charge in [0.2, 0.25) is 11.6 Å². The Morgan fingerprint density at radius 3 is 3.07 bits per heavy atom. The highest BCUT2D eigenvalue weighted by atomic mass is 16.5. The molecule has 0 aliphatic heterocycles. The van der Waals surface area contributed by atoms with Gasteiger partial charge in [-0.1, -0.05) is 0 Å². The summed E-state index contributed by atoms with van der Waals surface area (Å²) in [5.41, 5.74) is 0.507. The van der Waals surface area contributed by atoms with Crippen molar-refractivity contribution in [3.8, 4) is 11.6 Å². The SMILES string of the molecule is Cc1c(Oc2cc[c]cn2)ccc[n+]1[O-]. The maximum absolute atomic E-state index is 11.2. The quantitative estimate of drug-likeness (QED) is 0.548. The molecule has 0 saturated carbocycles. The Morgan fingerprint density at radius 2 is 2.33 bits per heavy atom. The average Bonchev–Trinajstić information content (AvgIpc) is 2.26. The van der Waals surface area contributed by atoms with Gasteiger partial charge in [0, 0.05) is 31.3 Å². The molecule has 1 radical (unpaired) electrons. The summed E-state index contributed by atoms with van der Waals surface area (Å²) in [5, 5.41) is 11.2. The summed E-state index contributed by atoms with van der Waals surface area (Å²) >= 11 is 0. The molecule has 4 heteroatoms. The second kappa shape index (κ2) is 3.96. The van der Waals surface area contributed by atoms with Crippen molar-refractivity contribution in [2.75, 3.05) is 0 Å². The summed E-state index contributed by atoms with van der Waals surface area (Å²) in [6.45, 7) is 1.69. The number of rotatable bonds is 2. The number of hydrogen-bond donors (Lipinski definition) is 0. The van der Waals surface area contributed by atoms with E-state index in [0.717, 1.165) is 4.73 Å². The Morgan fingerprint density at radius 1 is 1.47 bits per heavy atom. The number of nitrogens with zero attached hydrogens (tertiary/aromatic N) is 2. The van der Waals surface area contributed by atoms with E-state index in [2.05, 4.69) is 11.1 Å². The van der Waals surface area contributed by atoms with E-state index in [1.807, 2.05) is 0 Å². The number of hydrogen-bond acceptors (Lipinski definition) is 3. The highest BCUT2D eigenvalue weighted by Crippen LogP contribution is 2.19. The first-order valence-corrected chi connectivity index (χ1v) is 4.46. The molecule has 75 valence electrons. The Labute approximate surface area is 87.4 Å². The zero-order valence-corrected chi connectivity index (χ0v) is 8.18. The molecule has 0 aromatic carbocycles. The van der Waals surface area contributed by atoms with Gasteiger partial charge in [-0.3, -0.25) is 0 Å². The van der Waals surface area contributed by atoms with Gasteiger partial charge in [0.05, 0.1) is 0 Å². The summed E-state index contributed by atoms with van der Waals surface area (Å²) in [6, 6.07) is 9.52. The average molecular weight is 201 g/mol. The van der Waals surface area contributed by atoms with Crippen molar-refractivity contribution in [3.05, 3.63) is 53.6 Å². The van der Waals surface area contributed by atoms with Crippen molar-refractivity contribution in [2.24, 2.45) is 0 Å². The molecule has 0 N–H and O–H groups in total. The molecule has 0 spiro atoms. The van der Waals surface area contributed by atoms with Crippen LogP contribution in [0.4, 0.5) is 0 Å². The smallest absolute Gasteiger partial charge is 0.232 e. The Hall–Kier alpha value is -2.10. The van der Waals surface area contributed by atoms with Crippen LogP contribution < -0.4 is 9.47 Å². The highest BCUT2D eigenvalue weighted by molar-refractivity contribution is 5.27. The lowest BCUT2D eigenvalue weighted by Gasteiger charge is -2.06. The molecule has 2 heterocycles. The van der Waals surface area contributed by atoms with Crippen molar-refractivity contribution in [1.82, 2.24) is 4.98 Å². The summed E-state index contributed by atoms with van der Waals surface area (Å²) in [5.74, 6) is 0.953. The standard InChI is InChI=1S/C11H9N2O2/c1-9-10(5-4-8-13(9)14)15-11-6-2-3-7-12-11/h2,4-8H,1H3. The molecular formula is C11H9N2O2. The van der Waals surface area contributed by atoms with Crippen molar-refractivity contribution in [2.45, 2.75) is 6.92 Å². The van der Waals surface area contributed by atoms with Gasteiger partial charge >= 0.3 is 0 Å². The summed E-state index contributed by atoms with van der Waals surface area (Å²) in [6.07, 6.45) is 2.94. The van der Waals surface area contributed by atoms with Gasteiger partial charge < -0.3 is 9.94 Å². The number of aromatic nitrogens is 2. The predicted molar refractivity (Wildman–Crippen MR) is 53.3 cm³/mol. The van der Waals surface area contributed by atoms with E-state index in [1.54, 1.807) is 31.2 Å². The molecule has 2 rings (SSSR count). The van der Waals surface area contributed by atoms with Crippen LogP contribution in [0.3, 0.4) is 0 Å². The monoisotopic (exact) mass is 201 g/mol. The molecule has 15 heavy (non-hydrogen) atoms. The van der Waals surface area contributed by atoms with Gasteiger partial charge in [0.25, 0.3) is 0 Å². The van der Waals surface area contributed by atoms with Crippen LogP contribution in [0.1, 0.15) is 5.69 Å². The van der Waals surface area contributed by atoms with Crippen LogP contribution in [0.15, 0.2) is 36.7 Å². The minimum Gasteiger partial charge on any atom is -0.618 e. The van der Waals surface area contributed by atoms with E-state index >= 15 is 0 Å². The maximum atomic E-state index is 11.2. The van der Waals surface area contributed by atoms with Crippen molar-refractivity contribution < 1.29 is 9.47 Å². The minimum absolute atomic E-state index is 0.447. The van der Waals surface area contributed by atoms with E-state index in [1.165, 1.54) is 12.4 Å². The van der Waals surface area contributed by atoms with E-state index in [0.29, 0.717) is 17.3 Å². The van der Waals surface area contributed by atoms with Gasteiger partial charge in [0.15, 0.2) is 11.9 Å². The third-order valence-corrected chi connectivity index (χ3v) is 1.96. The van der Waals surface area contributed by atoms with Crippen molar-refractivity contribution >= 4 is 0 Å². The van der Waals surface area contributed by atoms with Crippen LogP contribution in [0.5, 0.6) is 11.6 Å². The largest absolute Gasteiger partial charge is 0.618 e. The molecule has 0 saturated heterocycles. The lowest BCUT2D eigenvalue weighted by atomic mass is 10.3. The fraction of sp³-hybridized carbons (Fsp3) is 0.0909. The first kappa shape index (κ1) is 9.45. The molecule has 0 atom stereocenters. The van der Waals surface area contributed by atoms with Gasteiger partial charge in [0.1, 0.15) is 0 Å². The van der Waals surface area contributed by atoms with Crippen LogP contribution in [-0.2, 0) is 0 Å². The van der Waals surface area contributed by atoms with E-state index in [-0.39, 0.29) is 0 Å². The van der Waals surface area contributed by atoms with E-state index < -0.39 is 0 Å². The van der Waals surface area contributed by atoms with Crippen LogP contribution in [0, 0.1) is 18.2 Å². The fourth-order valence-corrected chi connectivity index (χ4v) is 1.14. The second-order valence-corrected chi connectivity index (χ2v) is 2.98. The number of ether oxygens (including phenoxy) is 1. The van der Waals surface area contributed by atoms with Crippen LogP contribution in [0.2, 0.25) is 0 Å². The van der Waals surface area contributed by atoms with Crippen LogP contribution in [-0.4, -0.2) is 4.98 Å². The normalized spacial score (nSPS) is 9.93. The minimum atomic E-state index is 0.447. The van der Waals surface area contributed by atoms with Gasteiger partial charge in [-0.2, -0.15) is 4.73 Å². The molecule has 0 aliphatic rings. The van der Waals surface area contributed by atoms with Crippen molar-refractivity contribution in [1.29, 1.82) is 0 Å². The molecule has 0 fully saturated rings. The predicted octanol–water partition coefficient (Wildman–Crippen LogP) is 1.62. The summed E-state index contributed by atoms with van der Waals surface area (Å²) in [7, 11) is 0. The lowest BCUT2D eigenvalue weighted by molar-refractivity contribution is -0.612. The molecule has 2 aromatic rings. The fourth-order valence-electron chi connectivity index (χ4n) is 1.14. The molecular weight excluding hydrogens is 192 g/mol. The zero-order chi connectivity index (χ0) is 10.7. The second-order valence-electron chi connectivity index (χ2n) is 2.98. The van der Waals surface area contributed by atoms with Crippen LogP contribution >= 0.6 is 0 Å². The van der Waals surface area contributed by atoms with Crippen molar-refractivity contribution in [3.63, 3.8) is 0 Å². The molecule has 0 bridgehead atoms. The molecule has 0 aliphatic carbocycles. The summed E-state index contributed by atoms with van der Waals surface area (Å²) < 4.78 is 6.19. The molecule has 0 amide bonds. The molecule has 4 nitrogen and oxygen atoms in total. The number of pyridine rings is 2. The van der Waals surface area contributed by atoms with E-state index in [4.69, 9.17) is 4.74 Å². The Balaban J connectivity index is 2.29. The zero-order valence-electron chi connectivity index (χ0n) is 8.18. The summed E-state index contributed by atoms with van der Waals surface area (Å²) in [4.78, 5) is 3.96. The Bertz CT molecular complexity index is 457.